The molecule has 1 aromatic carbocycles. The maximum absolute atomic E-state index is 12.9. The van der Waals surface area contributed by atoms with Gasteiger partial charge in [-0.1, -0.05) is 12.1 Å². The number of oxazole rings is 1. The molecule has 0 aliphatic carbocycles. The van der Waals surface area contributed by atoms with E-state index >= 15 is 0 Å². The topological polar surface area (TPSA) is 100 Å². The van der Waals surface area contributed by atoms with Crippen molar-refractivity contribution in [3.05, 3.63) is 65.7 Å². The first-order valence-corrected chi connectivity index (χ1v) is 9.42. The number of nitrogens with zero attached hydrogens (tertiary/aromatic N) is 4. The van der Waals surface area contributed by atoms with Crippen LogP contribution in [0.1, 0.15) is 17.0 Å². The maximum atomic E-state index is 12.9. The number of sulfonamides is 1. The van der Waals surface area contributed by atoms with Crippen LogP contribution in [0.2, 0.25) is 0 Å². The van der Waals surface area contributed by atoms with Crippen LogP contribution in [0.25, 0.3) is 11.6 Å². The van der Waals surface area contributed by atoms with E-state index in [4.69, 9.17) is 9.68 Å². The van der Waals surface area contributed by atoms with Gasteiger partial charge in [0.05, 0.1) is 28.8 Å². The van der Waals surface area contributed by atoms with Gasteiger partial charge in [-0.3, -0.25) is 4.98 Å². The van der Waals surface area contributed by atoms with Crippen LogP contribution in [-0.2, 0) is 23.0 Å². The van der Waals surface area contributed by atoms with E-state index in [1.807, 2.05) is 12.1 Å². The zero-order valence-corrected chi connectivity index (χ0v) is 14.5. The molecular weight excluding hydrogens is 352 g/mol. The summed E-state index contributed by atoms with van der Waals surface area (Å²) in [6, 6.07) is 13.4. The Labute approximate surface area is 150 Å². The predicted molar refractivity (Wildman–Crippen MR) is 92.2 cm³/mol. The van der Waals surface area contributed by atoms with Crippen molar-refractivity contribution in [3.8, 4) is 17.7 Å². The van der Waals surface area contributed by atoms with Crippen molar-refractivity contribution in [2.24, 2.45) is 0 Å². The summed E-state index contributed by atoms with van der Waals surface area (Å²) in [5.74, 6) is 0.915. The molecule has 0 bridgehead atoms. The van der Waals surface area contributed by atoms with Crippen LogP contribution < -0.4 is 0 Å². The lowest BCUT2D eigenvalue weighted by Crippen LogP contribution is -2.35. The Bertz CT molecular complexity index is 1100. The van der Waals surface area contributed by atoms with Crippen molar-refractivity contribution in [3.63, 3.8) is 0 Å². The fraction of sp³-hybridized carbons (Fsp3) is 0.167. The van der Waals surface area contributed by atoms with Gasteiger partial charge in [0.1, 0.15) is 11.5 Å². The zero-order valence-electron chi connectivity index (χ0n) is 13.7. The lowest BCUT2D eigenvalue weighted by atomic mass is 10.2. The molecule has 1 aliphatic rings. The second-order valence-corrected chi connectivity index (χ2v) is 7.77. The van der Waals surface area contributed by atoms with Gasteiger partial charge in [0, 0.05) is 19.2 Å². The molecule has 0 saturated heterocycles. The number of benzene rings is 1. The van der Waals surface area contributed by atoms with Gasteiger partial charge in [0.25, 0.3) is 0 Å². The number of rotatable bonds is 3. The van der Waals surface area contributed by atoms with Gasteiger partial charge in [-0.2, -0.15) is 9.57 Å². The number of pyridine rings is 1. The molecule has 1 aliphatic heterocycles. The number of nitriles is 1. The average Bonchev–Trinajstić information content (AvgIpc) is 3.12. The van der Waals surface area contributed by atoms with E-state index in [-0.39, 0.29) is 11.4 Å². The normalized spacial score (nSPS) is 14.6. The standard InChI is InChI=1S/C18H14N4O3S/c19-11-13-4-3-5-14(10-13)26(23,24)22-9-7-15-17(12-22)25-18(21-15)16-6-1-2-8-20-16/h1-6,8,10H,7,9,12H2. The maximum Gasteiger partial charge on any atom is 0.245 e. The monoisotopic (exact) mass is 366 g/mol. The minimum Gasteiger partial charge on any atom is -0.438 e. The first kappa shape index (κ1) is 16.4. The van der Waals surface area contributed by atoms with E-state index < -0.39 is 10.0 Å². The van der Waals surface area contributed by atoms with Crippen molar-refractivity contribution in [1.29, 1.82) is 5.26 Å². The Morgan fingerprint density at radius 2 is 2.08 bits per heavy atom. The minimum absolute atomic E-state index is 0.101. The second-order valence-electron chi connectivity index (χ2n) is 5.83. The van der Waals surface area contributed by atoms with Crippen molar-refractivity contribution < 1.29 is 12.8 Å². The molecule has 0 radical (unpaired) electrons. The van der Waals surface area contributed by atoms with Gasteiger partial charge in [0.2, 0.25) is 15.9 Å². The highest BCUT2D eigenvalue weighted by Crippen LogP contribution is 2.28. The first-order valence-electron chi connectivity index (χ1n) is 7.98. The quantitative estimate of drug-likeness (QED) is 0.705. The minimum atomic E-state index is -3.71. The largest absolute Gasteiger partial charge is 0.438 e. The number of aromatic nitrogens is 2. The number of hydrogen-bond donors (Lipinski definition) is 0. The fourth-order valence-corrected chi connectivity index (χ4v) is 4.29. The molecule has 0 atom stereocenters. The third-order valence-corrected chi connectivity index (χ3v) is 6.02. The molecule has 0 unspecified atom stereocenters. The van der Waals surface area contributed by atoms with Crippen LogP contribution in [0.3, 0.4) is 0 Å². The van der Waals surface area contributed by atoms with Crippen molar-refractivity contribution in [2.75, 3.05) is 6.54 Å². The molecular formula is C18H14N4O3S. The number of fused-ring (bicyclic) bond motifs is 1. The van der Waals surface area contributed by atoms with Crippen LogP contribution in [0.5, 0.6) is 0 Å². The summed E-state index contributed by atoms with van der Waals surface area (Å²) in [5.41, 5.74) is 1.67. The molecule has 3 heterocycles. The lowest BCUT2D eigenvalue weighted by molar-refractivity contribution is 0.345. The highest BCUT2D eigenvalue weighted by Gasteiger charge is 2.31. The van der Waals surface area contributed by atoms with E-state index in [2.05, 4.69) is 9.97 Å². The summed E-state index contributed by atoms with van der Waals surface area (Å²) in [4.78, 5) is 8.75. The third-order valence-electron chi connectivity index (χ3n) is 4.18. The summed E-state index contributed by atoms with van der Waals surface area (Å²) in [7, 11) is -3.71. The SMILES string of the molecule is N#Cc1cccc(S(=O)(=O)N2CCc3nc(-c4ccccn4)oc3C2)c1. The number of hydrogen-bond acceptors (Lipinski definition) is 6. The van der Waals surface area contributed by atoms with E-state index in [9.17, 15) is 8.42 Å². The Morgan fingerprint density at radius 1 is 1.19 bits per heavy atom. The molecule has 26 heavy (non-hydrogen) atoms. The predicted octanol–water partition coefficient (Wildman–Crippen LogP) is 2.36. The smallest absolute Gasteiger partial charge is 0.245 e. The Balaban J connectivity index is 1.64. The van der Waals surface area contributed by atoms with Gasteiger partial charge >= 0.3 is 0 Å². The van der Waals surface area contributed by atoms with E-state index in [1.165, 1.54) is 16.4 Å². The summed E-state index contributed by atoms with van der Waals surface area (Å²) in [5, 5.41) is 8.99. The summed E-state index contributed by atoms with van der Waals surface area (Å²) >= 11 is 0. The van der Waals surface area contributed by atoms with Gasteiger partial charge in [0.15, 0.2) is 0 Å². The summed E-state index contributed by atoms with van der Waals surface area (Å²) in [6.07, 6.45) is 2.11. The average molecular weight is 366 g/mol. The van der Waals surface area contributed by atoms with Gasteiger partial charge < -0.3 is 4.42 Å². The van der Waals surface area contributed by atoms with Crippen molar-refractivity contribution in [2.45, 2.75) is 17.9 Å². The van der Waals surface area contributed by atoms with E-state index in [0.29, 0.717) is 35.9 Å². The molecule has 0 N–H and O–H groups in total. The Hall–Kier alpha value is -3.02. The highest BCUT2D eigenvalue weighted by atomic mass is 32.2. The molecule has 0 saturated carbocycles. The zero-order chi connectivity index (χ0) is 18.1. The fourth-order valence-electron chi connectivity index (χ4n) is 2.85. The third kappa shape index (κ3) is 2.87. The van der Waals surface area contributed by atoms with Crippen LogP contribution in [-0.4, -0.2) is 29.2 Å². The molecule has 2 aromatic heterocycles. The summed E-state index contributed by atoms with van der Waals surface area (Å²) < 4.78 is 32.9. The van der Waals surface area contributed by atoms with E-state index in [1.54, 1.807) is 30.5 Å². The van der Waals surface area contributed by atoms with Crippen LogP contribution in [0.4, 0.5) is 0 Å². The molecule has 7 nitrogen and oxygen atoms in total. The molecule has 8 heteroatoms. The van der Waals surface area contributed by atoms with Crippen molar-refractivity contribution >= 4 is 10.0 Å². The van der Waals surface area contributed by atoms with Crippen LogP contribution >= 0.6 is 0 Å². The van der Waals surface area contributed by atoms with Crippen LogP contribution in [0, 0.1) is 11.3 Å². The van der Waals surface area contributed by atoms with Gasteiger partial charge in [-0.25, -0.2) is 13.4 Å². The molecule has 4 rings (SSSR count). The molecule has 0 fully saturated rings. The molecule has 130 valence electrons. The lowest BCUT2D eigenvalue weighted by Gasteiger charge is -2.24. The molecule has 0 amide bonds. The van der Waals surface area contributed by atoms with Crippen molar-refractivity contribution in [1.82, 2.24) is 14.3 Å². The van der Waals surface area contributed by atoms with Gasteiger partial charge in [-0.15, -0.1) is 0 Å². The highest BCUT2D eigenvalue weighted by molar-refractivity contribution is 7.89. The van der Waals surface area contributed by atoms with Crippen LogP contribution in [0.15, 0.2) is 58.0 Å². The van der Waals surface area contributed by atoms with Gasteiger partial charge in [-0.05, 0) is 30.3 Å². The Morgan fingerprint density at radius 3 is 2.85 bits per heavy atom. The van der Waals surface area contributed by atoms with E-state index in [0.717, 1.165) is 5.69 Å². The molecule has 3 aromatic rings. The molecule has 0 spiro atoms. The first-order chi connectivity index (χ1) is 12.6. The Kier molecular flexibility index (Phi) is 4.03. The summed E-state index contributed by atoms with van der Waals surface area (Å²) in [6.45, 7) is 0.411. The second kappa shape index (κ2) is 6.37.